The largest absolute Gasteiger partial charge is 0.484 e. The standard InChI is InChI=1S/C21H21N3O4/c22-10-9-16-5-7-17(8-6-16)28-15-20(25)23-19-4-2-1-3-18(19)21(26)24-11-13-27-14-12-24/h1-8H,9,11-15H2,(H,23,25). The highest BCUT2D eigenvalue weighted by Gasteiger charge is 2.21. The second kappa shape index (κ2) is 9.53. The van der Waals surface area contributed by atoms with Crippen molar-refractivity contribution in [1.82, 2.24) is 4.90 Å². The van der Waals surface area contributed by atoms with E-state index in [4.69, 9.17) is 14.7 Å². The molecule has 1 heterocycles. The van der Waals surface area contributed by atoms with Crippen molar-refractivity contribution in [1.29, 1.82) is 5.26 Å². The van der Waals surface area contributed by atoms with Crippen LogP contribution in [0.2, 0.25) is 0 Å². The molecule has 0 aromatic heterocycles. The van der Waals surface area contributed by atoms with Crippen molar-refractivity contribution in [3.05, 3.63) is 59.7 Å². The molecule has 7 nitrogen and oxygen atoms in total. The first-order valence-electron chi connectivity index (χ1n) is 9.02. The first-order chi connectivity index (χ1) is 13.7. The van der Waals surface area contributed by atoms with Crippen LogP contribution in [-0.4, -0.2) is 49.6 Å². The zero-order valence-electron chi connectivity index (χ0n) is 15.4. The Morgan fingerprint density at radius 1 is 1.11 bits per heavy atom. The van der Waals surface area contributed by atoms with E-state index in [1.165, 1.54) is 0 Å². The third-order valence-electron chi connectivity index (χ3n) is 4.31. The van der Waals surface area contributed by atoms with E-state index in [-0.39, 0.29) is 18.4 Å². The maximum Gasteiger partial charge on any atom is 0.262 e. The van der Waals surface area contributed by atoms with Crippen LogP contribution >= 0.6 is 0 Å². The van der Waals surface area contributed by atoms with Gasteiger partial charge in [0.25, 0.3) is 11.8 Å². The molecule has 0 aliphatic carbocycles. The van der Waals surface area contributed by atoms with Gasteiger partial charge in [-0.05, 0) is 29.8 Å². The molecule has 1 N–H and O–H groups in total. The summed E-state index contributed by atoms with van der Waals surface area (Å²) in [6, 6.07) is 16.0. The number of nitriles is 1. The van der Waals surface area contributed by atoms with Gasteiger partial charge >= 0.3 is 0 Å². The number of carbonyl (C=O) groups is 2. The van der Waals surface area contributed by atoms with Gasteiger partial charge in [0.2, 0.25) is 0 Å². The van der Waals surface area contributed by atoms with Crippen molar-refractivity contribution < 1.29 is 19.1 Å². The molecule has 1 fully saturated rings. The van der Waals surface area contributed by atoms with E-state index < -0.39 is 0 Å². The molecule has 28 heavy (non-hydrogen) atoms. The van der Waals surface area contributed by atoms with E-state index in [1.807, 2.05) is 0 Å². The zero-order valence-corrected chi connectivity index (χ0v) is 15.4. The smallest absolute Gasteiger partial charge is 0.262 e. The number of hydrogen-bond acceptors (Lipinski definition) is 5. The number of para-hydroxylation sites is 1. The molecule has 0 bridgehead atoms. The number of nitrogens with zero attached hydrogens (tertiary/aromatic N) is 2. The second-order valence-electron chi connectivity index (χ2n) is 6.27. The summed E-state index contributed by atoms with van der Waals surface area (Å²) in [5.74, 6) is 0.0473. The van der Waals surface area contributed by atoms with Crippen molar-refractivity contribution in [2.45, 2.75) is 6.42 Å². The molecule has 3 rings (SSSR count). The molecule has 0 unspecified atom stereocenters. The highest BCUT2D eigenvalue weighted by Crippen LogP contribution is 2.18. The molecule has 2 amide bonds. The van der Waals surface area contributed by atoms with Crippen LogP contribution in [0.1, 0.15) is 15.9 Å². The third-order valence-corrected chi connectivity index (χ3v) is 4.31. The van der Waals surface area contributed by atoms with Crippen molar-refractivity contribution in [3.8, 4) is 11.8 Å². The van der Waals surface area contributed by atoms with Crippen molar-refractivity contribution in [2.75, 3.05) is 38.2 Å². The number of nitrogens with one attached hydrogen (secondary N) is 1. The van der Waals surface area contributed by atoms with Gasteiger partial charge in [0.15, 0.2) is 6.61 Å². The number of benzene rings is 2. The van der Waals surface area contributed by atoms with Crippen LogP contribution in [-0.2, 0) is 16.0 Å². The summed E-state index contributed by atoms with van der Waals surface area (Å²) in [7, 11) is 0. The Balaban J connectivity index is 1.59. The van der Waals surface area contributed by atoms with E-state index in [1.54, 1.807) is 53.4 Å². The molecule has 2 aromatic carbocycles. The number of ether oxygens (including phenoxy) is 2. The van der Waals surface area contributed by atoms with Crippen LogP contribution in [0.25, 0.3) is 0 Å². The van der Waals surface area contributed by atoms with E-state index in [2.05, 4.69) is 11.4 Å². The summed E-state index contributed by atoms with van der Waals surface area (Å²) in [5.41, 5.74) is 1.78. The molecule has 2 aromatic rings. The van der Waals surface area contributed by atoms with Gasteiger partial charge in [0, 0.05) is 13.1 Å². The quantitative estimate of drug-likeness (QED) is 0.831. The normalized spacial score (nSPS) is 13.5. The van der Waals surface area contributed by atoms with Gasteiger partial charge in [0.05, 0.1) is 37.0 Å². The highest BCUT2D eigenvalue weighted by atomic mass is 16.5. The fraction of sp³-hybridized carbons (Fsp3) is 0.286. The minimum Gasteiger partial charge on any atom is -0.484 e. The number of hydrogen-bond donors (Lipinski definition) is 1. The molecule has 0 saturated carbocycles. The van der Waals surface area contributed by atoms with E-state index in [0.29, 0.717) is 49.7 Å². The Bertz CT molecular complexity index is 868. The van der Waals surface area contributed by atoms with Gasteiger partial charge in [0.1, 0.15) is 5.75 Å². The van der Waals surface area contributed by atoms with Crippen molar-refractivity contribution >= 4 is 17.5 Å². The van der Waals surface area contributed by atoms with Gasteiger partial charge in [-0.15, -0.1) is 0 Å². The van der Waals surface area contributed by atoms with Crippen molar-refractivity contribution in [3.63, 3.8) is 0 Å². The molecule has 0 spiro atoms. The molecular formula is C21H21N3O4. The zero-order chi connectivity index (χ0) is 19.8. The summed E-state index contributed by atoms with van der Waals surface area (Å²) in [6.45, 7) is 1.91. The molecule has 1 aliphatic heterocycles. The van der Waals surface area contributed by atoms with Crippen LogP contribution in [0.4, 0.5) is 5.69 Å². The van der Waals surface area contributed by atoms with Gasteiger partial charge in [-0.1, -0.05) is 24.3 Å². The Hall–Kier alpha value is -3.37. The van der Waals surface area contributed by atoms with Crippen LogP contribution in [0, 0.1) is 11.3 Å². The Morgan fingerprint density at radius 2 is 1.82 bits per heavy atom. The van der Waals surface area contributed by atoms with Crippen LogP contribution in [0.5, 0.6) is 5.75 Å². The van der Waals surface area contributed by atoms with Gasteiger partial charge < -0.3 is 19.7 Å². The Labute approximate surface area is 163 Å². The fourth-order valence-corrected chi connectivity index (χ4v) is 2.85. The van der Waals surface area contributed by atoms with Crippen molar-refractivity contribution in [2.24, 2.45) is 0 Å². The van der Waals surface area contributed by atoms with E-state index in [9.17, 15) is 9.59 Å². The lowest BCUT2D eigenvalue weighted by atomic mass is 10.1. The second-order valence-corrected chi connectivity index (χ2v) is 6.27. The number of morpholine rings is 1. The first-order valence-corrected chi connectivity index (χ1v) is 9.02. The predicted molar refractivity (Wildman–Crippen MR) is 103 cm³/mol. The SMILES string of the molecule is N#CCc1ccc(OCC(=O)Nc2ccccc2C(=O)N2CCOCC2)cc1. The lowest BCUT2D eigenvalue weighted by molar-refractivity contribution is -0.118. The molecule has 0 radical (unpaired) electrons. The van der Waals surface area contributed by atoms with E-state index >= 15 is 0 Å². The molecule has 0 atom stereocenters. The number of anilines is 1. The lowest BCUT2D eigenvalue weighted by Crippen LogP contribution is -2.41. The predicted octanol–water partition coefficient (Wildman–Crippen LogP) is 2.24. The monoisotopic (exact) mass is 379 g/mol. The average molecular weight is 379 g/mol. The van der Waals surface area contributed by atoms with Crippen LogP contribution < -0.4 is 10.1 Å². The molecule has 1 saturated heterocycles. The summed E-state index contributed by atoms with van der Waals surface area (Å²) >= 11 is 0. The minimum atomic E-state index is -0.358. The summed E-state index contributed by atoms with van der Waals surface area (Å²) in [6.07, 6.45) is 0.328. The maximum absolute atomic E-state index is 12.7. The molecule has 144 valence electrons. The topological polar surface area (TPSA) is 91.7 Å². The highest BCUT2D eigenvalue weighted by molar-refractivity contribution is 6.04. The lowest BCUT2D eigenvalue weighted by Gasteiger charge is -2.27. The molecular weight excluding hydrogens is 358 g/mol. The first kappa shape index (κ1) is 19.4. The molecule has 1 aliphatic rings. The summed E-state index contributed by atoms with van der Waals surface area (Å²) < 4.78 is 10.8. The van der Waals surface area contributed by atoms with Gasteiger partial charge in [-0.25, -0.2) is 0 Å². The third kappa shape index (κ3) is 5.09. The molecule has 7 heteroatoms. The maximum atomic E-state index is 12.7. The Kier molecular flexibility index (Phi) is 6.60. The summed E-state index contributed by atoms with van der Waals surface area (Å²) in [5, 5.41) is 11.4. The van der Waals surface area contributed by atoms with E-state index in [0.717, 1.165) is 5.56 Å². The number of amides is 2. The van der Waals surface area contributed by atoms with Gasteiger partial charge in [-0.3, -0.25) is 9.59 Å². The number of carbonyl (C=O) groups excluding carboxylic acids is 2. The van der Waals surface area contributed by atoms with Gasteiger partial charge in [-0.2, -0.15) is 5.26 Å². The van der Waals surface area contributed by atoms with Crippen LogP contribution in [0.15, 0.2) is 48.5 Å². The van der Waals surface area contributed by atoms with Crippen LogP contribution in [0.3, 0.4) is 0 Å². The minimum absolute atomic E-state index is 0.131. The fourth-order valence-electron chi connectivity index (χ4n) is 2.85. The summed E-state index contributed by atoms with van der Waals surface area (Å²) in [4.78, 5) is 26.7. The average Bonchev–Trinajstić information content (AvgIpc) is 2.74. The Morgan fingerprint density at radius 3 is 2.54 bits per heavy atom. The number of rotatable bonds is 6.